The van der Waals surface area contributed by atoms with E-state index in [1.807, 2.05) is 28.9 Å². The molecule has 0 bridgehead atoms. The van der Waals surface area contributed by atoms with Crippen LogP contribution in [0.15, 0.2) is 30.3 Å². The highest BCUT2D eigenvalue weighted by Gasteiger charge is 2.10. The molecular formula is C17H22N4. The van der Waals surface area contributed by atoms with E-state index in [1.165, 1.54) is 0 Å². The van der Waals surface area contributed by atoms with E-state index in [-0.39, 0.29) is 0 Å². The van der Waals surface area contributed by atoms with Gasteiger partial charge in [0, 0.05) is 12.6 Å². The van der Waals surface area contributed by atoms with Crippen molar-refractivity contribution in [1.29, 1.82) is 5.26 Å². The maximum atomic E-state index is 8.89. The van der Waals surface area contributed by atoms with Crippen LogP contribution in [0, 0.1) is 17.2 Å². The number of nitrogens with zero attached hydrogens (tertiary/aromatic N) is 3. The molecule has 2 rings (SSSR count). The second kappa shape index (κ2) is 6.94. The Kier molecular flexibility index (Phi) is 4.99. The summed E-state index contributed by atoms with van der Waals surface area (Å²) in [7, 11) is 0. The highest BCUT2D eigenvalue weighted by Crippen LogP contribution is 2.19. The third-order valence-electron chi connectivity index (χ3n) is 3.17. The molecule has 0 saturated heterocycles. The van der Waals surface area contributed by atoms with Crippen molar-refractivity contribution in [2.75, 3.05) is 11.9 Å². The largest absolute Gasteiger partial charge is 0.370 e. The summed E-state index contributed by atoms with van der Waals surface area (Å²) < 4.78 is 1.93. The van der Waals surface area contributed by atoms with Crippen LogP contribution in [-0.2, 0) is 6.42 Å². The molecule has 0 saturated carbocycles. The zero-order valence-electron chi connectivity index (χ0n) is 12.9. The molecule has 1 aromatic carbocycles. The Morgan fingerprint density at radius 2 is 2.00 bits per heavy atom. The zero-order valence-corrected chi connectivity index (χ0v) is 12.9. The predicted octanol–water partition coefficient (Wildman–Crippen LogP) is 3.76. The second-order valence-corrected chi connectivity index (χ2v) is 5.62. The van der Waals surface area contributed by atoms with E-state index in [2.05, 4.69) is 38.2 Å². The Morgan fingerprint density at radius 3 is 2.57 bits per heavy atom. The smallest absolute Gasteiger partial charge is 0.130 e. The molecule has 4 nitrogen and oxygen atoms in total. The van der Waals surface area contributed by atoms with Crippen LogP contribution in [0.4, 0.5) is 5.82 Å². The number of nitrogens with one attached hydrogen (secondary N) is 1. The quantitative estimate of drug-likeness (QED) is 0.877. The molecule has 4 heteroatoms. The second-order valence-electron chi connectivity index (χ2n) is 5.62. The maximum Gasteiger partial charge on any atom is 0.130 e. The molecule has 0 aliphatic rings. The van der Waals surface area contributed by atoms with Crippen LogP contribution in [0.5, 0.6) is 0 Å². The fourth-order valence-electron chi connectivity index (χ4n) is 2.20. The van der Waals surface area contributed by atoms with E-state index in [1.54, 1.807) is 0 Å². The molecule has 21 heavy (non-hydrogen) atoms. The van der Waals surface area contributed by atoms with Crippen molar-refractivity contribution in [3.8, 4) is 11.8 Å². The van der Waals surface area contributed by atoms with E-state index >= 15 is 0 Å². The van der Waals surface area contributed by atoms with Crippen molar-refractivity contribution in [3.05, 3.63) is 41.6 Å². The van der Waals surface area contributed by atoms with Crippen molar-refractivity contribution in [2.45, 2.75) is 33.6 Å². The fraction of sp³-hybridized carbons (Fsp3) is 0.412. The number of anilines is 1. The Balaban J connectivity index is 2.34. The zero-order chi connectivity index (χ0) is 15.2. The first-order valence-electron chi connectivity index (χ1n) is 7.47. The van der Waals surface area contributed by atoms with Crippen LogP contribution in [-0.4, -0.2) is 16.3 Å². The van der Waals surface area contributed by atoms with Gasteiger partial charge in [-0.1, -0.05) is 20.8 Å². The summed E-state index contributed by atoms with van der Waals surface area (Å²) in [6, 6.07) is 11.8. The van der Waals surface area contributed by atoms with E-state index < -0.39 is 0 Å². The SMILES string of the molecule is CCCNc1cc(CC(C)C)nn1-c1ccc(C#N)cc1. The molecule has 1 heterocycles. The molecule has 0 aliphatic carbocycles. The number of hydrogen-bond donors (Lipinski definition) is 1. The van der Waals surface area contributed by atoms with Gasteiger partial charge in [0.1, 0.15) is 5.82 Å². The minimum Gasteiger partial charge on any atom is -0.370 e. The van der Waals surface area contributed by atoms with Crippen LogP contribution in [0.2, 0.25) is 0 Å². The van der Waals surface area contributed by atoms with Crippen molar-refractivity contribution < 1.29 is 0 Å². The highest BCUT2D eigenvalue weighted by atomic mass is 15.3. The van der Waals surface area contributed by atoms with Crippen molar-refractivity contribution >= 4 is 5.82 Å². The molecule has 0 atom stereocenters. The van der Waals surface area contributed by atoms with Crippen molar-refractivity contribution in [3.63, 3.8) is 0 Å². The van der Waals surface area contributed by atoms with Gasteiger partial charge >= 0.3 is 0 Å². The fourth-order valence-corrected chi connectivity index (χ4v) is 2.20. The summed E-state index contributed by atoms with van der Waals surface area (Å²) in [5.41, 5.74) is 2.73. The molecule has 0 spiro atoms. The molecule has 110 valence electrons. The predicted molar refractivity (Wildman–Crippen MR) is 85.6 cm³/mol. The first-order valence-corrected chi connectivity index (χ1v) is 7.47. The van der Waals surface area contributed by atoms with Gasteiger partial charge in [-0.3, -0.25) is 0 Å². The lowest BCUT2D eigenvalue weighted by Gasteiger charge is -2.08. The summed E-state index contributed by atoms with van der Waals surface area (Å²) in [6.45, 7) is 7.45. The van der Waals surface area contributed by atoms with Gasteiger partial charge in [-0.15, -0.1) is 0 Å². The molecule has 0 aliphatic heterocycles. The topological polar surface area (TPSA) is 53.6 Å². The van der Waals surface area contributed by atoms with E-state index in [0.29, 0.717) is 11.5 Å². The Bertz CT molecular complexity index is 617. The van der Waals surface area contributed by atoms with E-state index in [9.17, 15) is 0 Å². The van der Waals surface area contributed by atoms with Gasteiger partial charge in [-0.2, -0.15) is 10.4 Å². The standard InChI is InChI=1S/C17H22N4/c1-4-9-19-17-11-15(10-13(2)3)20-21(17)16-7-5-14(12-18)6-8-16/h5-8,11,13,19H,4,9-10H2,1-3H3. The van der Waals surface area contributed by atoms with Crippen LogP contribution in [0.3, 0.4) is 0 Å². The normalized spacial score (nSPS) is 10.6. The molecule has 0 unspecified atom stereocenters. The summed E-state index contributed by atoms with van der Waals surface area (Å²) in [5.74, 6) is 1.59. The Labute approximate surface area is 126 Å². The first kappa shape index (κ1) is 15.1. The molecule has 0 radical (unpaired) electrons. The Hall–Kier alpha value is -2.28. The van der Waals surface area contributed by atoms with Gasteiger partial charge in [0.25, 0.3) is 0 Å². The molecule has 1 aromatic heterocycles. The van der Waals surface area contributed by atoms with Crippen LogP contribution in [0.25, 0.3) is 5.69 Å². The third kappa shape index (κ3) is 3.85. The van der Waals surface area contributed by atoms with Crippen molar-refractivity contribution in [2.24, 2.45) is 5.92 Å². The summed E-state index contributed by atoms with van der Waals surface area (Å²) in [4.78, 5) is 0. The van der Waals surface area contributed by atoms with Gasteiger partial charge in [0.2, 0.25) is 0 Å². The molecule has 1 N–H and O–H groups in total. The number of hydrogen-bond acceptors (Lipinski definition) is 3. The molecular weight excluding hydrogens is 260 g/mol. The van der Waals surface area contributed by atoms with Gasteiger partial charge in [0.05, 0.1) is 23.0 Å². The average Bonchev–Trinajstić information content (AvgIpc) is 2.87. The Morgan fingerprint density at radius 1 is 1.29 bits per heavy atom. The van der Waals surface area contributed by atoms with Crippen LogP contribution < -0.4 is 5.32 Å². The van der Waals surface area contributed by atoms with E-state index in [4.69, 9.17) is 10.4 Å². The van der Waals surface area contributed by atoms with Gasteiger partial charge in [-0.05, 0) is 43.0 Å². The molecule has 0 fully saturated rings. The average molecular weight is 282 g/mol. The lowest BCUT2D eigenvalue weighted by Crippen LogP contribution is -2.07. The highest BCUT2D eigenvalue weighted by molar-refractivity contribution is 5.48. The maximum absolute atomic E-state index is 8.89. The monoisotopic (exact) mass is 282 g/mol. The van der Waals surface area contributed by atoms with Gasteiger partial charge in [0.15, 0.2) is 0 Å². The summed E-state index contributed by atoms with van der Waals surface area (Å²) in [5, 5.41) is 17.0. The number of aromatic nitrogens is 2. The van der Waals surface area contributed by atoms with Gasteiger partial charge in [-0.25, -0.2) is 4.68 Å². The van der Waals surface area contributed by atoms with Crippen molar-refractivity contribution in [1.82, 2.24) is 9.78 Å². The molecule has 2 aromatic rings. The van der Waals surface area contributed by atoms with Gasteiger partial charge < -0.3 is 5.32 Å². The lowest BCUT2D eigenvalue weighted by atomic mass is 10.1. The summed E-state index contributed by atoms with van der Waals surface area (Å²) in [6.07, 6.45) is 2.03. The minimum absolute atomic E-state index is 0.577. The van der Waals surface area contributed by atoms with Crippen LogP contribution >= 0.6 is 0 Å². The number of rotatable bonds is 6. The number of nitriles is 1. The van der Waals surface area contributed by atoms with Crippen LogP contribution in [0.1, 0.15) is 38.4 Å². The minimum atomic E-state index is 0.577. The third-order valence-corrected chi connectivity index (χ3v) is 3.17. The number of benzene rings is 1. The lowest BCUT2D eigenvalue weighted by molar-refractivity contribution is 0.628. The first-order chi connectivity index (χ1) is 10.1. The summed E-state index contributed by atoms with van der Waals surface area (Å²) >= 11 is 0. The van der Waals surface area contributed by atoms with E-state index in [0.717, 1.165) is 36.6 Å². The molecule has 0 amide bonds.